The largest absolute Gasteiger partial charge is 0.322 e. The molecule has 0 aliphatic rings. The van der Waals surface area contributed by atoms with Gasteiger partial charge in [-0.15, -0.1) is 11.3 Å². The van der Waals surface area contributed by atoms with Crippen molar-refractivity contribution in [3.05, 3.63) is 50.6 Å². The number of nitrogens with one attached hydrogen (secondary N) is 1. The summed E-state index contributed by atoms with van der Waals surface area (Å²) in [5.41, 5.74) is 2.65. The first-order valence-corrected chi connectivity index (χ1v) is 7.51. The number of nitrogens with zero attached hydrogens (tertiary/aromatic N) is 1. The fourth-order valence-corrected chi connectivity index (χ4v) is 2.88. The number of amides is 1. The number of carbonyl (C=O) groups is 1. The third kappa shape index (κ3) is 3.89. The minimum atomic E-state index is -0.0758. The first kappa shape index (κ1) is 14.2. The molecule has 0 saturated heterocycles. The third-order valence-electron chi connectivity index (χ3n) is 2.58. The number of benzene rings is 1. The van der Waals surface area contributed by atoms with Gasteiger partial charge in [-0.1, -0.05) is 18.2 Å². The maximum Gasteiger partial charge on any atom is 0.256 e. The molecular formula is C14H15BrN2OS. The van der Waals surface area contributed by atoms with E-state index in [9.17, 15) is 4.79 Å². The van der Waals surface area contributed by atoms with Crippen molar-refractivity contribution in [1.29, 1.82) is 0 Å². The number of carbonyl (C=O) groups excluding carboxylic acids is 1. The normalized spacial score (nSPS) is 10.7. The standard InChI is InChI=1S/C14H15BrN2OS/c1-17(2)8-10-5-3-4-6-12(10)16-14(18)11-7-13(15)19-9-11/h3-7,9H,8H2,1-2H3,(H,16,18). The monoisotopic (exact) mass is 338 g/mol. The summed E-state index contributed by atoms with van der Waals surface area (Å²) in [7, 11) is 4.02. The predicted molar refractivity (Wildman–Crippen MR) is 83.8 cm³/mol. The van der Waals surface area contributed by atoms with Gasteiger partial charge in [0.1, 0.15) is 0 Å². The summed E-state index contributed by atoms with van der Waals surface area (Å²) in [6.45, 7) is 0.795. The van der Waals surface area contributed by atoms with Crippen LogP contribution in [0.4, 0.5) is 5.69 Å². The maximum absolute atomic E-state index is 12.1. The Morgan fingerprint density at radius 1 is 1.37 bits per heavy atom. The van der Waals surface area contributed by atoms with E-state index in [1.165, 1.54) is 11.3 Å². The molecule has 0 aliphatic carbocycles. The second-order valence-electron chi connectivity index (χ2n) is 4.49. The number of anilines is 1. The Balaban J connectivity index is 2.16. The van der Waals surface area contributed by atoms with E-state index in [1.54, 1.807) is 0 Å². The Morgan fingerprint density at radius 3 is 2.74 bits per heavy atom. The van der Waals surface area contributed by atoms with Crippen molar-refractivity contribution in [1.82, 2.24) is 4.90 Å². The van der Waals surface area contributed by atoms with Gasteiger partial charge in [-0.3, -0.25) is 4.79 Å². The van der Waals surface area contributed by atoms with E-state index >= 15 is 0 Å². The Morgan fingerprint density at radius 2 is 2.11 bits per heavy atom. The van der Waals surface area contributed by atoms with Gasteiger partial charge in [0.05, 0.1) is 9.35 Å². The summed E-state index contributed by atoms with van der Waals surface area (Å²) in [6.07, 6.45) is 0. The second-order valence-corrected chi connectivity index (χ2v) is 6.78. The molecule has 0 bridgehead atoms. The van der Waals surface area contributed by atoms with E-state index in [0.29, 0.717) is 5.56 Å². The highest BCUT2D eigenvalue weighted by atomic mass is 79.9. The number of hydrogen-bond acceptors (Lipinski definition) is 3. The molecular weight excluding hydrogens is 324 g/mol. The quantitative estimate of drug-likeness (QED) is 0.918. The number of para-hydroxylation sites is 1. The molecule has 0 fully saturated rings. The lowest BCUT2D eigenvalue weighted by molar-refractivity contribution is 0.102. The van der Waals surface area contributed by atoms with Crippen LogP contribution in [0.1, 0.15) is 15.9 Å². The fraction of sp³-hybridized carbons (Fsp3) is 0.214. The average Bonchev–Trinajstić information content (AvgIpc) is 2.78. The summed E-state index contributed by atoms with van der Waals surface area (Å²) in [4.78, 5) is 14.2. The lowest BCUT2D eigenvalue weighted by Crippen LogP contribution is -2.16. The molecule has 1 aromatic carbocycles. The molecule has 2 aromatic rings. The second kappa shape index (κ2) is 6.32. The zero-order valence-corrected chi connectivity index (χ0v) is 13.2. The molecule has 0 radical (unpaired) electrons. The Labute approximate surface area is 125 Å². The summed E-state index contributed by atoms with van der Waals surface area (Å²) in [6, 6.07) is 9.69. The van der Waals surface area contributed by atoms with E-state index < -0.39 is 0 Å². The highest BCUT2D eigenvalue weighted by Crippen LogP contribution is 2.22. The lowest BCUT2D eigenvalue weighted by atomic mass is 10.1. The topological polar surface area (TPSA) is 32.3 Å². The van der Waals surface area contributed by atoms with Crippen LogP contribution in [0.15, 0.2) is 39.5 Å². The number of rotatable bonds is 4. The lowest BCUT2D eigenvalue weighted by Gasteiger charge is -2.14. The van der Waals surface area contributed by atoms with Crippen LogP contribution < -0.4 is 5.32 Å². The SMILES string of the molecule is CN(C)Cc1ccccc1NC(=O)c1csc(Br)c1. The molecule has 1 heterocycles. The van der Waals surface area contributed by atoms with Gasteiger partial charge in [0.2, 0.25) is 0 Å². The van der Waals surface area contributed by atoms with Crippen LogP contribution in [0.3, 0.4) is 0 Å². The predicted octanol–water partition coefficient (Wildman–Crippen LogP) is 3.82. The molecule has 19 heavy (non-hydrogen) atoms. The summed E-state index contributed by atoms with van der Waals surface area (Å²) < 4.78 is 0.958. The van der Waals surface area contributed by atoms with Crippen molar-refractivity contribution in [2.75, 3.05) is 19.4 Å². The zero-order chi connectivity index (χ0) is 13.8. The van der Waals surface area contributed by atoms with Gasteiger partial charge in [0.25, 0.3) is 5.91 Å². The maximum atomic E-state index is 12.1. The summed E-state index contributed by atoms with van der Waals surface area (Å²) in [5, 5.41) is 4.81. The number of thiophene rings is 1. The molecule has 2 rings (SSSR count). The molecule has 0 unspecified atom stereocenters. The Kier molecular flexibility index (Phi) is 4.74. The summed E-state index contributed by atoms with van der Waals surface area (Å²) in [5.74, 6) is -0.0758. The van der Waals surface area contributed by atoms with E-state index in [2.05, 4.69) is 26.1 Å². The van der Waals surface area contributed by atoms with Crippen LogP contribution in [0.5, 0.6) is 0 Å². The summed E-state index contributed by atoms with van der Waals surface area (Å²) >= 11 is 4.87. The minimum Gasteiger partial charge on any atom is -0.322 e. The molecule has 0 aliphatic heterocycles. The van der Waals surface area contributed by atoms with Crippen LogP contribution in [0, 0.1) is 0 Å². The van der Waals surface area contributed by atoms with Crippen molar-refractivity contribution in [2.45, 2.75) is 6.54 Å². The Bertz CT molecular complexity index is 580. The van der Waals surface area contributed by atoms with Crippen LogP contribution in [0.25, 0.3) is 0 Å². The van der Waals surface area contributed by atoms with E-state index in [4.69, 9.17) is 0 Å². The first-order chi connectivity index (χ1) is 9.06. The van der Waals surface area contributed by atoms with Gasteiger partial charge in [0.15, 0.2) is 0 Å². The Hall–Kier alpha value is -1.17. The number of halogens is 1. The molecule has 0 saturated carbocycles. The zero-order valence-electron chi connectivity index (χ0n) is 10.8. The van der Waals surface area contributed by atoms with Gasteiger partial charge in [-0.25, -0.2) is 0 Å². The minimum absolute atomic E-state index is 0.0758. The molecule has 1 N–H and O–H groups in total. The smallest absolute Gasteiger partial charge is 0.256 e. The van der Waals surface area contributed by atoms with Gasteiger partial charge in [-0.2, -0.15) is 0 Å². The molecule has 1 aromatic heterocycles. The molecule has 100 valence electrons. The van der Waals surface area contributed by atoms with Gasteiger partial charge < -0.3 is 10.2 Å². The van der Waals surface area contributed by atoms with Crippen molar-refractivity contribution in [3.63, 3.8) is 0 Å². The molecule has 5 heteroatoms. The van der Waals surface area contributed by atoms with Gasteiger partial charge >= 0.3 is 0 Å². The van der Waals surface area contributed by atoms with Crippen LogP contribution in [0.2, 0.25) is 0 Å². The highest BCUT2D eigenvalue weighted by molar-refractivity contribution is 9.11. The number of hydrogen-bond donors (Lipinski definition) is 1. The molecule has 0 spiro atoms. The van der Waals surface area contributed by atoms with Gasteiger partial charge in [0, 0.05) is 17.6 Å². The molecule has 3 nitrogen and oxygen atoms in total. The average molecular weight is 339 g/mol. The van der Waals surface area contributed by atoms with E-state index in [1.807, 2.05) is 49.8 Å². The van der Waals surface area contributed by atoms with E-state index in [-0.39, 0.29) is 5.91 Å². The van der Waals surface area contributed by atoms with Crippen molar-refractivity contribution in [3.8, 4) is 0 Å². The van der Waals surface area contributed by atoms with Crippen molar-refractivity contribution >= 4 is 38.9 Å². The fourth-order valence-electron chi connectivity index (χ4n) is 1.74. The van der Waals surface area contributed by atoms with Crippen molar-refractivity contribution < 1.29 is 4.79 Å². The van der Waals surface area contributed by atoms with E-state index in [0.717, 1.165) is 21.6 Å². The molecule has 1 amide bonds. The van der Waals surface area contributed by atoms with Crippen molar-refractivity contribution in [2.24, 2.45) is 0 Å². The van der Waals surface area contributed by atoms with Gasteiger partial charge in [-0.05, 0) is 47.7 Å². The van der Waals surface area contributed by atoms with Crippen LogP contribution in [-0.4, -0.2) is 24.9 Å². The molecule has 0 atom stereocenters. The highest BCUT2D eigenvalue weighted by Gasteiger charge is 2.10. The first-order valence-electron chi connectivity index (χ1n) is 5.84. The van der Waals surface area contributed by atoms with Crippen LogP contribution >= 0.6 is 27.3 Å². The van der Waals surface area contributed by atoms with Crippen LogP contribution in [-0.2, 0) is 6.54 Å². The third-order valence-corrected chi connectivity index (χ3v) is 4.09.